The zero-order chi connectivity index (χ0) is 11.6. The first-order valence-corrected chi connectivity index (χ1v) is 16.7. The van der Waals surface area contributed by atoms with Crippen LogP contribution in [0.4, 0.5) is 0 Å². The topological polar surface area (TPSA) is 0 Å². The van der Waals surface area contributed by atoms with Gasteiger partial charge in [0.25, 0.3) is 0 Å². The average Bonchev–Trinajstić information content (AvgIpc) is 2.29. The molecule has 1 aliphatic rings. The van der Waals surface area contributed by atoms with Crippen LogP contribution in [0.1, 0.15) is 43.6 Å². The fourth-order valence-electron chi connectivity index (χ4n) is 2.95. The van der Waals surface area contributed by atoms with E-state index in [0.717, 1.165) is 5.92 Å². The first-order valence-electron chi connectivity index (χ1n) is 6.68. The van der Waals surface area contributed by atoms with Crippen LogP contribution in [0.15, 0.2) is 24.3 Å². The second-order valence-electron chi connectivity index (χ2n) is 6.17. The van der Waals surface area contributed by atoms with Gasteiger partial charge < -0.3 is 0 Å². The maximum atomic E-state index is 2.54. The molecule has 0 unspecified atom stereocenters. The molecular weight excluding hydrogens is 299 g/mol. The molecule has 0 N–H and O–H groups in total. The molecule has 1 aliphatic carbocycles. The predicted molar refractivity (Wildman–Crippen MR) is 75.2 cm³/mol. The minimum absolute atomic E-state index is 0.876. The van der Waals surface area contributed by atoms with E-state index >= 15 is 0 Å². The quantitative estimate of drug-likeness (QED) is 0.713. The van der Waals surface area contributed by atoms with Gasteiger partial charge >= 0.3 is 105 Å². The summed E-state index contributed by atoms with van der Waals surface area (Å²) in [5, 5.41) is 0. The van der Waals surface area contributed by atoms with E-state index in [1.54, 1.807) is 9.14 Å². The summed E-state index contributed by atoms with van der Waals surface area (Å²) in [4.78, 5) is 7.61. The predicted octanol–water partition coefficient (Wildman–Crippen LogP) is 4.28. The number of rotatable bonds is 2. The third-order valence-electron chi connectivity index (χ3n) is 3.81. The molecule has 0 radical (unpaired) electrons. The van der Waals surface area contributed by atoms with Gasteiger partial charge in [-0.05, 0) is 0 Å². The van der Waals surface area contributed by atoms with E-state index in [1.165, 1.54) is 32.1 Å². The van der Waals surface area contributed by atoms with Gasteiger partial charge in [-0.1, -0.05) is 0 Å². The van der Waals surface area contributed by atoms with Crippen LogP contribution in [0.3, 0.4) is 0 Å². The summed E-state index contributed by atoms with van der Waals surface area (Å²) in [6.07, 6.45) is 7.20. The Morgan fingerprint density at radius 2 is 1.56 bits per heavy atom. The molecule has 0 bridgehead atoms. The van der Waals surface area contributed by atoms with Crippen molar-refractivity contribution >= 4 is 22.0 Å². The van der Waals surface area contributed by atoms with Crippen molar-refractivity contribution in [2.75, 3.05) is 0 Å². The molecule has 0 heterocycles. The number of hydrogen-bond donors (Lipinski definition) is 0. The van der Waals surface area contributed by atoms with Crippen molar-refractivity contribution in [3.8, 4) is 0 Å². The van der Waals surface area contributed by atoms with Crippen LogP contribution in [0.5, 0.6) is 0 Å². The Balaban J connectivity index is 2.32. The Kier molecular flexibility index (Phi) is 3.99. The minimum atomic E-state index is -1.90. The molecule has 0 amide bonds. The Hall–Kier alpha value is 0.0187. The summed E-state index contributed by atoms with van der Waals surface area (Å²) in [6, 6.07) is 9.31. The summed E-state index contributed by atoms with van der Waals surface area (Å²) >= 11 is -1.90. The Morgan fingerprint density at radius 3 is 2.19 bits per heavy atom. The van der Waals surface area contributed by atoms with Gasteiger partial charge in [0, 0.05) is 0 Å². The van der Waals surface area contributed by atoms with Crippen LogP contribution in [-0.2, 0) is 0 Å². The Morgan fingerprint density at radius 1 is 0.938 bits per heavy atom. The summed E-state index contributed by atoms with van der Waals surface area (Å²) in [5.74, 6) is 0.876. The van der Waals surface area contributed by atoms with Gasteiger partial charge in [-0.25, -0.2) is 0 Å². The van der Waals surface area contributed by atoms with E-state index in [2.05, 4.69) is 39.1 Å². The average molecular weight is 323 g/mol. The molecular formula is C15H24Sn. The summed E-state index contributed by atoms with van der Waals surface area (Å²) < 4.78 is 1.77. The van der Waals surface area contributed by atoms with Crippen molar-refractivity contribution in [1.82, 2.24) is 0 Å². The summed E-state index contributed by atoms with van der Waals surface area (Å²) in [5.41, 5.74) is 1.71. The molecule has 2 rings (SSSR count). The van der Waals surface area contributed by atoms with Gasteiger partial charge in [-0.3, -0.25) is 0 Å². The maximum absolute atomic E-state index is 2.54. The van der Waals surface area contributed by atoms with Gasteiger partial charge in [-0.2, -0.15) is 0 Å². The van der Waals surface area contributed by atoms with E-state index in [9.17, 15) is 0 Å². The third-order valence-corrected chi connectivity index (χ3v) is 9.73. The molecule has 0 nitrogen and oxygen atoms in total. The molecule has 0 atom stereocenters. The molecule has 0 saturated heterocycles. The molecule has 0 spiro atoms. The van der Waals surface area contributed by atoms with E-state index in [-0.39, 0.29) is 0 Å². The van der Waals surface area contributed by atoms with Crippen LogP contribution < -0.4 is 3.58 Å². The first kappa shape index (κ1) is 12.5. The van der Waals surface area contributed by atoms with Gasteiger partial charge in [0.05, 0.1) is 0 Å². The van der Waals surface area contributed by atoms with Crippen LogP contribution in [-0.4, -0.2) is 18.4 Å². The molecule has 1 heteroatoms. The molecule has 16 heavy (non-hydrogen) atoms. The monoisotopic (exact) mass is 324 g/mol. The van der Waals surface area contributed by atoms with Gasteiger partial charge in [0.2, 0.25) is 0 Å². The number of benzene rings is 1. The van der Waals surface area contributed by atoms with Crippen LogP contribution in [0.2, 0.25) is 14.8 Å². The van der Waals surface area contributed by atoms with E-state index in [1.807, 2.05) is 0 Å². The molecule has 0 aromatic heterocycles. The molecule has 1 aromatic carbocycles. The molecule has 1 saturated carbocycles. The van der Waals surface area contributed by atoms with Crippen molar-refractivity contribution in [2.45, 2.75) is 52.8 Å². The molecule has 1 fully saturated rings. The Bertz CT molecular complexity index is 343. The van der Waals surface area contributed by atoms with Crippen molar-refractivity contribution in [1.29, 1.82) is 0 Å². The van der Waals surface area contributed by atoms with Crippen LogP contribution in [0, 0.1) is 0 Å². The van der Waals surface area contributed by atoms with E-state index in [0.29, 0.717) is 0 Å². The summed E-state index contributed by atoms with van der Waals surface area (Å²) in [7, 11) is 0. The van der Waals surface area contributed by atoms with Crippen LogP contribution >= 0.6 is 0 Å². The van der Waals surface area contributed by atoms with Gasteiger partial charge in [-0.15, -0.1) is 0 Å². The second kappa shape index (κ2) is 5.12. The molecule has 1 aromatic rings. The van der Waals surface area contributed by atoms with Gasteiger partial charge in [0.15, 0.2) is 0 Å². The van der Waals surface area contributed by atoms with Gasteiger partial charge in [0.1, 0.15) is 0 Å². The number of hydrogen-bond acceptors (Lipinski definition) is 0. The zero-order valence-corrected chi connectivity index (χ0v) is 13.8. The third kappa shape index (κ3) is 2.82. The molecule has 88 valence electrons. The van der Waals surface area contributed by atoms with E-state index in [4.69, 9.17) is 0 Å². The van der Waals surface area contributed by atoms with Crippen molar-refractivity contribution in [3.63, 3.8) is 0 Å². The first-order chi connectivity index (χ1) is 7.59. The van der Waals surface area contributed by atoms with Crippen molar-refractivity contribution in [3.05, 3.63) is 29.8 Å². The van der Waals surface area contributed by atoms with Crippen molar-refractivity contribution < 1.29 is 0 Å². The summed E-state index contributed by atoms with van der Waals surface area (Å²) in [6.45, 7) is 0. The van der Waals surface area contributed by atoms with Crippen LogP contribution in [0.25, 0.3) is 0 Å². The van der Waals surface area contributed by atoms with E-state index < -0.39 is 18.4 Å². The molecule has 0 aliphatic heterocycles. The fourth-order valence-corrected chi connectivity index (χ4v) is 7.94. The Labute approximate surface area is 104 Å². The normalized spacial score (nSPS) is 18.7. The SMILES string of the molecule is [CH3][Sn]([CH3])([CH3])[c]1ccccc1C1CCCCC1. The zero-order valence-electron chi connectivity index (χ0n) is 10.9. The second-order valence-corrected chi connectivity index (χ2v) is 20.6. The standard InChI is InChI=1S/C12H15.3CH3.Sn/c1-3-7-11(8-4-1)12-9-5-2-6-10-12;;;;/h1,3-4,7,12H,2,5-6,9-10H2;3*1H3;. The fraction of sp³-hybridized carbons (Fsp3) is 0.600. The van der Waals surface area contributed by atoms with Crippen molar-refractivity contribution in [2.24, 2.45) is 0 Å².